The lowest BCUT2D eigenvalue weighted by Crippen LogP contribution is -2.06. The molecule has 0 bridgehead atoms. The van der Waals surface area contributed by atoms with Crippen LogP contribution in [0.5, 0.6) is 0 Å². The number of hydrogen-bond acceptors (Lipinski definition) is 1. The largest absolute Gasteiger partial charge is 0.457 e. The van der Waals surface area contributed by atoms with Crippen LogP contribution in [0.4, 0.5) is 0 Å². The highest BCUT2D eigenvalue weighted by atomic mass is 16.5. The van der Waals surface area contributed by atoms with Gasteiger partial charge in [0.15, 0.2) is 0 Å². The van der Waals surface area contributed by atoms with Gasteiger partial charge in [-0.3, -0.25) is 0 Å². The molecular formula is C30H36O. The number of ether oxygens (including phenoxy) is 1. The first-order chi connectivity index (χ1) is 14.7. The molecule has 2 rings (SSSR count). The quantitative estimate of drug-likeness (QED) is 0.280. The Bertz CT molecular complexity index is 970. The van der Waals surface area contributed by atoms with E-state index in [0.29, 0.717) is 18.1 Å². The van der Waals surface area contributed by atoms with E-state index in [1.165, 1.54) is 5.57 Å². The molecule has 2 aromatic rings. The first kappa shape index (κ1) is 24.2. The van der Waals surface area contributed by atoms with Gasteiger partial charge in [-0.05, 0) is 41.0 Å². The molecule has 0 unspecified atom stereocenters. The first-order valence-corrected chi connectivity index (χ1v) is 11.0. The standard InChI is InChI=1S/C30H36O/c1-21(2)23(5)20-29(22(3)4)30(31-26(8)28-17-13-10-14-18-28)25(7)19-24(6)27-15-11-9-12-16-27/h9-18,20-22H,6-8,19H2,1-5H3/b23-20+,30-29-. The van der Waals surface area contributed by atoms with Gasteiger partial charge < -0.3 is 4.74 Å². The fraction of sp³-hybridized carbons (Fsp3) is 0.267. The minimum Gasteiger partial charge on any atom is -0.457 e. The van der Waals surface area contributed by atoms with Gasteiger partial charge in [0.2, 0.25) is 0 Å². The summed E-state index contributed by atoms with van der Waals surface area (Å²) in [5, 5.41) is 0. The molecule has 0 aliphatic carbocycles. The van der Waals surface area contributed by atoms with Crippen LogP contribution < -0.4 is 0 Å². The third-order valence-corrected chi connectivity index (χ3v) is 5.43. The van der Waals surface area contributed by atoms with Crippen molar-refractivity contribution in [3.8, 4) is 0 Å². The van der Waals surface area contributed by atoms with E-state index >= 15 is 0 Å². The molecule has 0 heterocycles. The van der Waals surface area contributed by atoms with E-state index < -0.39 is 0 Å². The van der Waals surface area contributed by atoms with Crippen molar-refractivity contribution >= 4 is 11.3 Å². The molecule has 0 radical (unpaired) electrons. The maximum atomic E-state index is 6.44. The highest BCUT2D eigenvalue weighted by Gasteiger charge is 2.18. The van der Waals surface area contributed by atoms with Gasteiger partial charge in [0.25, 0.3) is 0 Å². The van der Waals surface area contributed by atoms with Gasteiger partial charge in [-0.1, -0.05) is 120 Å². The van der Waals surface area contributed by atoms with Crippen LogP contribution in [0.15, 0.2) is 109 Å². The molecule has 31 heavy (non-hydrogen) atoms. The van der Waals surface area contributed by atoms with E-state index in [4.69, 9.17) is 4.74 Å². The average molecular weight is 413 g/mol. The van der Waals surface area contributed by atoms with Gasteiger partial charge in [-0.2, -0.15) is 0 Å². The second-order valence-electron chi connectivity index (χ2n) is 8.62. The van der Waals surface area contributed by atoms with Crippen molar-refractivity contribution in [3.63, 3.8) is 0 Å². The Balaban J connectivity index is 2.47. The van der Waals surface area contributed by atoms with Crippen LogP contribution in [0, 0.1) is 11.8 Å². The zero-order valence-corrected chi connectivity index (χ0v) is 19.7. The Morgan fingerprint density at radius 3 is 1.81 bits per heavy atom. The number of benzene rings is 2. The molecule has 0 aromatic heterocycles. The summed E-state index contributed by atoms with van der Waals surface area (Å²) in [5.74, 6) is 2.14. The predicted molar refractivity (Wildman–Crippen MR) is 136 cm³/mol. The Morgan fingerprint density at radius 2 is 1.32 bits per heavy atom. The second kappa shape index (κ2) is 11.4. The van der Waals surface area contributed by atoms with Crippen molar-refractivity contribution in [2.45, 2.75) is 41.0 Å². The summed E-state index contributed by atoms with van der Waals surface area (Å²) in [4.78, 5) is 0. The molecule has 0 fully saturated rings. The lowest BCUT2D eigenvalue weighted by atomic mass is 9.91. The Kier molecular flexibility index (Phi) is 8.88. The Morgan fingerprint density at radius 1 is 0.806 bits per heavy atom. The molecule has 0 saturated heterocycles. The average Bonchev–Trinajstić information content (AvgIpc) is 2.76. The summed E-state index contributed by atoms with van der Waals surface area (Å²) in [6.45, 7) is 23.9. The monoisotopic (exact) mass is 412 g/mol. The molecule has 1 heteroatoms. The molecule has 0 saturated carbocycles. The van der Waals surface area contributed by atoms with Crippen LogP contribution in [0.3, 0.4) is 0 Å². The summed E-state index contributed by atoms with van der Waals surface area (Å²) in [6.07, 6.45) is 2.88. The van der Waals surface area contributed by atoms with E-state index in [-0.39, 0.29) is 5.92 Å². The number of allylic oxidation sites excluding steroid dienone is 5. The van der Waals surface area contributed by atoms with E-state index in [0.717, 1.165) is 33.6 Å². The lowest BCUT2D eigenvalue weighted by molar-refractivity contribution is 0.382. The maximum absolute atomic E-state index is 6.44. The fourth-order valence-electron chi connectivity index (χ4n) is 3.16. The number of hydrogen-bond donors (Lipinski definition) is 0. The first-order valence-electron chi connectivity index (χ1n) is 11.0. The summed E-state index contributed by atoms with van der Waals surface area (Å²) in [6, 6.07) is 20.2. The predicted octanol–water partition coefficient (Wildman–Crippen LogP) is 8.85. The van der Waals surface area contributed by atoms with Crippen molar-refractivity contribution < 1.29 is 4.74 Å². The summed E-state index contributed by atoms with van der Waals surface area (Å²) in [5.41, 5.74) is 6.44. The molecule has 0 amide bonds. The van der Waals surface area contributed by atoms with Crippen molar-refractivity contribution in [2.24, 2.45) is 11.8 Å². The van der Waals surface area contributed by atoms with E-state index in [9.17, 15) is 0 Å². The summed E-state index contributed by atoms with van der Waals surface area (Å²) < 4.78 is 6.44. The maximum Gasteiger partial charge on any atom is 0.133 e. The van der Waals surface area contributed by atoms with Crippen molar-refractivity contribution in [3.05, 3.63) is 120 Å². The Hall–Kier alpha value is -3.06. The van der Waals surface area contributed by atoms with Gasteiger partial charge in [-0.15, -0.1) is 0 Å². The van der Waals surface area contributed by atoms with Crippen LogP contribution in [-0.2, 0) is 4.74 Å². The summed E-state index contributed by atoms with van der Waals surface area (Å²) in [7, 11) is 0. The smallest absolute Gasteiger partial charge is 0.133 e. The zero-order chi connectivity index (χ0) is 23.0. The normalized spacial score (nSPS) is 12.5. The van der Waals surface area contributed by atoms with Crippen molar-refractivity contribution in [1.29, 1.82) is 0 Å². The van der Waals surface area contributed by atoms with Gasteiger partial charge in [-0.25, -0.2) is 0 Å². The van der Waals surface area contributed by atoms with E-state index in [1.807, 2.05) is 48.5 Å². The lowest BCUT2D eigenvalue weighted by Gasteiger charge is -2.22. The minimum absolute atomic E-state index is 0.272. The molecule has 0 spiro atoms. The molecule has 0 aliphatic heterocycles. The minimum atomic E-state index is 0.272. The van der Waals surface area contributed by atoms with Crippen LogP contribution in [-0.4, -0.2) is 0 Å². The molecule has 0 aliphatic rings. The van der Waals surface area contributed by atoms with Crippen molar-refractivity contribution in [1.82, 2.24) is 0 Å². The van der Waals surface area contributed by atoms with Gasteiger partial charge in [0.1, 0.15) is 11.5 Å². The molecule has 1 nitrogen and oxygen atoms in total. The number of rotatable bonds is 10. The molecular weight excluding hydrogens is 376 g/mol. The highest BCUT2D eigenvalue weighted by Crippen LogP contribution is 2.33. The molecule has 2 aromatic carbocycles. The van der Waals surface area contributed by atoms with Gasteiger partial charge in [0.05, 0.1) is 0 Å². The SMILES string of the molecule is C=C(CC(=C)c1ccccc1)/C(OC(=C)c1ccccc1)=C(\C=C(/C)C(C)C)C(C)C. The third-order valence-electron chi connectivity index (χ3n) is 5.43. The van der Waals surface area contributed by atoms with Crippen molar-refractivity contribution in [2.75, 3.05) is 0 Å². The van der Waals surface area contributed by atoms with Gasteiger partial charge >= 0.3 is 0 Å². The van der Waals surface area contributed by atoms with Crippen LogP contribution in [0.25, 0.3) is 11.3 Å². The van der Waals surface area contributed by atoms with Crippen LogP contribution in [0.2, 0.25) is 0 Å². The zero-order valence-electron chi connectivity index (χ0n) is 19.7. The van der Waals surface area contributed by atoms with Crippen LogP contribution >= 0.6 is 0 Å². The topological polar surface area (TPSA) is 9.23 Å². The highest BCUT2D eigenvalue weighted by molar-refractivity contribution is 5.67. The molecule has 0 atom stereocenters. The second-order valence-corrected chi connectivity index (χ2v) is 8.62. The fourth-order valence-corrected chi connectivity index (χ4v) is 3.16. The molecule has 0 N–H and O–H groups in total. The van der Waals surface area contributed by atoms with Crippen LogP contribution in [0.1, 0.15) is 52.2 Å². The Labute approximate surface area is 189 Å². The van der Waals surface area contributed by atoms with E-state index in [2.05, 4.69) is 72.6 Å². The third kappa shape index (κ3) is 7.00. The summed E-state index contributed by atoms with van der Waals surface area (Å²) >= 11 is 0. The molecule has 162 valence electrons. The van der Waals surface area contributed by atoms with E-state index in [1.54, 1.807) is 0 Å². The van der Waals surface area contributed by atoms with Gasteiger partial charge in [0, 0.05) is 12.0 Å².